The molecule has 0 spiro atoms. The van der Waals surface area contributed by atoms with Gasteiger partial charge in [0, 0.05) is 0 Å². The summed E-state index contributed by atoms with van der Waals surface area (Å²) in [6.07, 6.45) is 36.2. The van der Waals surface area contributed by atoms with Crippen molar-refractivity contribution in [1.29, 1.82) is 0 Å². The molecule has 0 aromatic carbocycles. The lowest BCUT2D eigenvalue weighted by atomic mass is 9.46. The molecule has 13 fully saturated rings. The quantitative estimate of drug-likeness (QED) is 0.253. The van der Waals surface area contributed by atoms with Crippen molar-refractivity contribution < 1.29 is 0 Å². The third-order valence-corrected chi connectivity index (χ3v) is 22.7. The molecule has 0 heterocycles. The van der Waals surface area contributed by atoms with Crippen molar-refractivity contribution in [3.05, 3.63) is 0 Å². The summed E-state index contributed by atoms with van der Waals surface area (Å²) in [4.78, 5) is 0. The molecule has 0 aliphatic heterocycles. The van der Waals surface area contributed by atoms with Crippen LogP contribution in [0.4, 0.5) is 0 Å². The molecule has 0 aromatic rings. The highest BCUT2D eigenvalue weighted by Crippen LogP contribution is 2.68. The summed E-state index contributed by atoms with van der Waals surface area (Å²) >= 11 is 0. The first kappa shape index (κ1) is 38.0. The molecule has 4 heteroatoms. The molecule has 0 saturated heterocycles. The van der Waals surface area contributed by atoms with Gasteiger partial charge in [-0.2, -0.15) is 0 Å². The second kappa shape index (κ2) is 14.1. The van der Waals surface area contributed by atoms with Crippen LogP contribution >= 0.6 is 37.0 Å². The minimum absolute atomic E-state index is 0.619. The van der Waals surface area contributed by atoms with Gasteiger partial charge in [0.2, 0.25) is 0 Å². The van der Waals surface area contributed by atoms with Gasteiger partial charge >= 0.3 is 0 Å². The molecule has 0 aromatic heterocycles. The maximum atomic E-state index is 3.01. The lowest BCUT2D eigenvalue weighted by Crippen LogP contribution is -2.52. The highest BCUT2D eigenvalue weighted by Gasteiger charge is 2.60. The van der Waals surface area contributed by atoms with Crippen molar-refractivity contribution in [3.63, 3.8) is 0 Å². The zero-order valence-corrected chi connectivity index (χ0v) is 37.1. The highest BCUT2D eigenvalue weighted by atomic mass is 31.0. The van der Waals surface area contributed by atoms with Gasteiger partial charge in [-0.15, -0.1) is 37.0 Å². The molecule has 13 aliphatic carbocycles. The molecule has 0 amide bonds. The maximum absolute atomic E-state index is 3.01. The summed E-state index contributed by atoms with van der Waals surface area (Å²) < 4.78 is 0. The van der Waals surface area contributed by atoms with Gasteiger partial charge in [-0.25, -0.2) is 0 Å². The molecule has 0 N–H and O–H groups in total. The molecule has 7 atom stereocenters. The SMILES string of the molecule is CC1(C)C2CCC1(C)C(CP)C2.CC1(CP)C2CC3CC(C2)CC1C3.CC12CCC(CP)(CC1)CC2.PCC12CC3CC(CC(C3)C1)C2. The van der Waals surface area contributed by atoms with Gasteiger partial charge in [-0.3, -0.25) is 0 Å². The van der Waals surface area contributed by atoms with Crippen LogP contribution in [0.2, 0.25) is 0 Å². The van der Waals surface area contributed by atoms with Crippen LogP contribution in [0.25, 0.3) is 0 Å². The number of rotatable bonds is 4. The Morgan fingerprint density at radius 2 is 0.917 bits per heavy atom. The standard InChI is InChI=1S/C12H21P.C11H19P.C11H21P.C10H19P/c1-12(7-13)10-3-8-2-9(5-10)6-11(12)4-8;12-7-11-4-8-1-9(5-11)3-10(2-8)6-11;1-10(2)8-4-5-11(10,3)9(6-8)7-12;1-9-2-5-10(8-11,6-3-9)7-4-9/h8-11H,2-7,13H2,1H3;8-10H,1-7,12H2;8-9H,4-7,12H2,1-3H3;2-8,11H2,1H3. The monoisotopic (exact) mass is 733 g/mol. The maximum Gasteiger partial charge on any atom is -0.0234 e. The van der Waals surface area contributed by atoms with E-state index in [1.54, 1.807) is 70.6 Å². The van der Waals surface area contributed by atoms with Crippen LogP contribution < -0.4 is 0 Å². The number of hydrogen-bond acceptors (Lipinski definition) is 0. The second-order valence-electron chi connectivity index (χ2n) is 22.2. The third-order valence-electron chi connectivity index (χ3n) is 19.5. The zero-order valence-electron chi connectivity index (χ0n) is 32.5. The van der Waals surface area contributed by atoms with E-state index in [0.29, 0.717) is 16.2 Å². The van der Waals surface area contributed by atoms with Gasteiger partial charge in [0.05, 0.1) is 0 Å². The van der Waals surface area contributed by atoms with Crippen LogP contribution in [0, 0.1) is 85.8 Å². The number of hydrogen-bond donors (Lipinski definition) is 0. The van der Waals surface area contributed by atoms with Gasteiger partial charge < -0.3 is 0 Å². The largest absolute Gasteiger partial charge is 0.137 e. The van der Waals surface area contributed by atoms with E-state index in [0.717, 1.165) is 69.5 Å². The van der Waals surface area contributed by atoms with E-state index < -0.39 is 0 Å². The molecular weight excluding hydrogens is 652 g/mol. The van der Waals surface area contributed by atoms with E-state index in [1.807, 2.05) is 0 Å². The summed E-state index contributed by atoms with van der Waals surface area (Å²) in [6.45, 7) is 12.6. The van der Waals surface area contributed by atoms with Gasteiger partial charge in [0.15, 0.2) is 0 Å². The lowest BCUT2D eigenvalue weighted by molar-refractivity contribution is -0.0848. The van der Waals surface area contributed by atoms with E-state index in [4.69, 9.17) is 0 Å². The molecule has 48 heavy (non-hydrogen) atoms. The average molecular weight is 733 g/mol. The fraction of sp³-hybridized carbons (Fsp3) is 1.00. The van der Waals surface area contributed by atoms with Crippen molar-refractivity contribution in [2.24, 2.45) is 85.8 Å². The summed E-state index contributed by atoms with van der Waals surface area (Å²) in [6, 6.07) is 0. The molecule has 13 aliphatic rings. The molecule has 13 saturated carbocycles. The van der Waals surface area contributed by atoms with Crippen LogP contribution in [0.15, 0.2) is 0 Å². The van der Waals surface area contributed by atoms with Gasteiger partial charge in [-0.05, 0) is 239 Å². The summed E-state index contributed by atoms with van der Waals surface area (Å²) in [5.41, 5.74) is 4.30. The minimum atomic E-state index is 0.619. The van der Waals surface area contributed by atoms with E-state index >= 15 is 0 Å². The predicted octanol–water partition coefficient (Wildman–Crippen LogP) is 12.9. The normalized spacial score (nSPS) is 53.8. The fourth-order valence-corrected chi connectivity index (χ4v) is 18.1. The van der Waals surface area contributed by atoms with Crippen molar-refractivity contribution in [1.82, 2.24) is 0 Å². The molecule has 276 valence electrons. The molecule has 0 nitrogen and oxygen atoms in total. The smallest absolute Gasteiger partial charge is 0.0234 e. The third kappa shape index (κ3) is 6.80. The van der Waals surface area contributed by atoms with Crippen molar-refractivity contribution in [2.75, 3.05) is 24.6 Å². The van der Waals surface area contributed by atoms with Crippen LogP contribution in [0.1, 0.15) is 163 Å². The highest BCUT2D eigenvalue weighted by molar-refractivity contribution is 7.17. The Morgan fingerprint density at radius 3 is 1.25 bits per heavy atom. The molecule has 7 unspecified atom stereocenters. The Hall–Kier alpha value is 1.72. The van der Waals surface area contributed by atoms with Crippen LogP contribution in [0.3, 0.4) is 0 Å². The topological polar surface area (TPSA) is 0 Å². The van der Waals surface area contributed by atoms with Crippen molar-refractivity contribution in [2.45, 2.75) is 163 Å². The van der Waals surface area contributed by atoms with Crippen LogP contribution in [0.5, 0.6) is 0 Å². The van der Waals surface area contributed by atoms with Crippen LogP contribution in [-0.2, 0) is 0 Å². The van der Waals surface area contributed by atoms with Gasteiger partial charge in [-0.1, -0.05) is 34.6 Å². The zero-order chi connectivity index (χ0) is 34.2. The Morgan fingerprint density at radius 1 is 0.458 bits per heavy atom. The Balaban J connectivity index is 0.000000101. The fourth-order valence-electron chi connectivity index (χ4n) is 15.6. The lowest BCUT2D eigenvalue weighted by Gasteiger charge is -2.60. The minimum Gasteiger partial charge on any atom is -0.137 e. The predicted molar refractivity (Wildman–Crippen MR) is 225 cm³/mol. The van der Waals surface area contributed by atoms with E-state index in [-0.39, 0.29) is 0 Å². The molecule has 0 radical (unpaired) electrons. The Kier molecular flexibility index (Phi) is 11.2. The molecule has 13 rings (SSSR count). The van der Waals surface area contributed by atoms with Crippen LogP contribution in [-0.4, -0.2) is 24.6 Å². The van der Waals surface area contributed by atoms with Crippen molar-refractivity contribution in [3.8, 4) is 0 Å². The first-order valence-corrected chi connectivity index (χ1v) is 24.8. The molecule has 12 bridgehead atoms. The Labute approximate surface area is 309 Å². The van der Waals surface area contributed by atoms with Gasteiger partial charge in [0.1, 0.15) is 0 Å². The first-order chi connectivity index (χ1) is 22.7. The summed E-state index contributed by atoms with van der Waals surface area (Å²) in [5, 5.41) is 0. The molecular formula is C44H80P4. The summed E-state index contributed by atoms with van der Waals surface area (Å²) in [7, 11) is 11.9. The summed E-state index contributed by atoms with van der Waals surface area (Å²) in [5.74, 6) is 9.84. The number of fused-ring (bicyclic) bond motifs is 5. The average Bonchev–Trinajstić information content (AvgIpc) is 3.41. The van der Waals surface area contributed by atoms with E-state index in [9.17, 15) is 0 Å². The van der Waals surface area contributed by atoms with E-state index in [2.05, 4.69) is 71.6 Å². The Bertz CT molecular complexity index is 1040. The first-order valence-electron chi connectivity index (χ1n) is 21.5. The second-order valence-corrected chi connectivity index (χ2v) is 23.9. The van der Waals surface area contributed by atoms with Gasteiger partial charge in [0.25, 0.3) is 0 Å². The van der Waals surface area contributed by atoms with E-state index in [1.165, 1.54) is 82.4 Å². The van der Waals surface area contributed by atoms with Crippen molar-refractivity contribution >= 4 is 37.0 Å².